The molecule has 6 aromatic rings. The lowest BCUT2D eigenvalue weighted by Crippen LogP contribution is -2.29. The average molecular weight is 743 g/mol. The fraction of sp³-hybridized carbons (Fsp3) is 0. The van der Waals surface area contributed by atoms with Gasteiger partial charge < -0.3 is 10.0 Å². The monoisotopic (exact) mass is 740 g/mol. The van der Waals surface area contributed by atoms with Crippen molar-refractivity contribution in [3.8, 4) is 33.4 Å². The van der Waals surface area contributed by atoms with Crippen molar-refractivity contribution < 1.29 is 10.0 Å². The normalized spacial score (nSPS) is 10.0. The van der Waals surface area contributed by atoms with Crippen LogP contribution in [0.4, 0.5) is 0 Å². The number of benzene rings is 6. The Hall–Kier alpha value is -3.26. The first-order valence-electron chi connectivity index (χ1n) is 13.2. The molecule has 0 aliphatic rings. The van der Waals surface area contributed by atoms with Crippen molar-refractivity contribution in [1.82, 2.24) is 0 Å². The van der Waals surface area contributed by atoms with Crippen molar-refractivity contribution >= 4 is 60.4 Å². The minimum Gasteiger partial charge on any atom is -0.423 e. The lowest BCUT2D eigenvalue weighted by atomic mass is 9.81. The quantitative estimate of drug-likeness (QED) is 0.177. The van der Waals surface area contributed by atoms with Crippen LogP contribution in [0.3, 0.4) is 0 Å². The third kappa shape index (κ3) is 9.93. The Labute approximate surface area is 273 Å². The van der Waals surface area contributed by atoms with Gasteiger partial charge in [-0.15, -0.1) is 0 Å². The van der Waals surface area contributed by atoms with Gasteiger partial charge in [-0.05, 0) is 75.2 Å². The SMILES string of the molecule is Brc1ccc(-c2ccc(-c3ccccc3)cc2)cc1.Brc1ccc(-c2ccc(Br)cc2)cc1.OB(O)c1ccccc1. The molecule has 0 unspecified atom stereocenters. The number of hydrogen-bond acceptors (Lipinski definition) is 2. The molecule has 2 nitrogen and oxygen atoms in total. The van der Waals surface area contributed by atoms with Gasteiger partial charge in [0.05, 0.1) is 0 Å². The summed E-state index contributed by atoms with van der Waals surface area (Å²) in [4.78, 5) is 0. The topological polar surface area (TPSA) is 40.5 Å². The van der Waals surface area contributed by atoms with Gasteiger partial charge in [0.15, 0.2) is 0 Å². The summed E-state index contributed by atoms with van der Waals surface area (Å²) in [5.74, 6) is 0. The van der Waals surface area contributed by atoms with Crippen LogP contribution in [-0.4, -0.2) is 17.2 Å². The highest BCUT2D eigenvalue weighted by Crippen LogP contribution is 2.26. The van der Waals surface area contributed by atoms with Gasteiger partial charge in [-0.1, -0.05) is 169 Å². The van der Waals surface area contributed by atoms with E-state index < -0.39 is 7.12 Å². The third-order valence-electron chi connectivity index (χ3n) is 6.29. The van der Waals surface area contributed by atoms with Gasteiger partial charge in [-0.3, -0.25) is 0 Å². The van der Waals surface area contributed by atoms with Crippen molar-refractivity contribution in [1.29, 1.82) is 0 Å². The molecule has 0 aliphatic carbocycles. The summed E-state index contributed by atoms with van der Waals surface area (Å²) in [6, 6.07) is 52.8. The molecule has 0 saturated heterocycles. The van der Waals surface area contributed by atoms with Crippen LogP contribution in [0.5, 0.6) is 0 Å². The van der Waals surface area contributed by atoms with Crippen LogP contribution in [0.25, 0.3) is 33.4 Å². The summed E-state index contributed by atoms with van der Waals surface area (Å²) in [7, 11) is -1.34. The van der Waals surface area contributed by atoms with E-state index in [9.17, 15) is 0 Å². The Balaban J connectivity index is 0.000000155. The summed E-state index contributed by atoms with van der Waals surface area (Å²) in [6.45, 7) is 0. The Morgan fingerprint density at radius 1 is 0.310 bits per heavy atom. The molecule has 0 aliphatic heterocycles. The summed E-state index contributed by atoms with van der Waals surface area (Å²) in [6.07, 6.45) is 0. The predicted molar refractivity (Wildman–Crippen MR) is 189 cm³/mol. The third-order valence-corrected chi connectivity index (χ3v) is 7.88. The van der Waals surface area contributed by atoms with Gasteiger partial charge in [0.1, 0.15) is 0 Å². The van der Waals surface area contributed by atoms with E-state index >= 15 is 0 Å². The molecule has 0 amide bonds. The van der Waals surface area contributed by atoms with Gasteiger partial charge in [0.2, 0.25) is 0 Å². The van der Waals surface area contributed by atoms with Gasteiger partial charge in [-0.25, -0.2) is 0 Å². The van der Waals surface area contributed by atoms with E-state index in [-0.39, 0.29) is 0 Å². The summed E-state index contributed by atoms with van der Waals surface area (Å²) < 4.78 is 3.33. The first-order valence-corrected chi connectivity index (χ1v) is 15.6. The first kappa shape index (κ1) is 31.7. The van der Waals surface area contributed by atoms with Crippen molar-refractivity contribution in [3.63, 3.8) is 0 Å². The molecule has 0 fully saturated rings. The Morgan fingerprint density at radius 3 is 0.810 bits per heavy atom. The molecule has 0 atom stereocenters. The molecule has 6 aromatic carbocycles. The minimum atomic E-state index is -1.34. The number of halogens is 3. The zero-order valence-electron chi connectivity index (χ0n) is 22.6. The van der Waals surface area contributed by atoms with Crippen LogP contribution < -0.4 is 5.46 Å². The van der Waals surface area contributed by atoms with E-state index in [0.29, 0.717) is 5.46 Å². The molecule has 0 spiro atoms. The minimum absolute atomic E-state index is 0.525. The van der Waals surface area contributed by atoms with Crippen LogP contribution in [0.15, 0.2) is 171 Å². The Morgan fingerprint density at radius 2 is 0.548 bits per heavy atom. The molecule has 0 aromatic heterocycles. The Bertz CT molecular complexity index is 1580. The van der Waals surface area contributed by atoms with Gasteiger partial charge >= 0.3 is 7.12 Å². The predicted octanol–water partition coefficient (Wildman–Crippen LogP) is 10.0. The zero-order chi connectivity index (χ0) is 29.7. The molecule has 0 bridgehead atoms. The fourth-order valence-electron chi connectivity index (χ4n) is 4.04. The second-order valence-electron chi connectivity index (χ2n) is 9.25. The van der Waals surface area contributed by atoms with Gasteiger partial charge in [0.25, 0.3) is 0 Å². The fourth-order valence-corrected chi connectivity index (χ4v) is 4.83. The standard InChI is InChI=1S/C18H13Br.C12H8Br2.C6H7BO2/c19-18-12-10-17(11-13-18)16-8-6-15(7-9-16)14-4-2-1-3-5-14;13-11-5-1-9(2-6-11)10-3-7-12(14)8-4-10;8-7(9)6-4-2-1-3-5-6/h1-13H;1-8H;1-5,8-9H. The smallest absolute Gasteiger partial charge is 0.423 e. The maximum atomic E-state index is 8.58. The van der Waals surface area contributed by atoms with Crippen molar-refractivity contribution in [3.05, 3.63) is 171 Å². The van der Waals surface area contributed by atoms with E-state index in [1.165, 1.54) is 33.4 Å². The summed E-state index contributed by atoms with van der Waals surface area (Å²) >= 11 is 10.3. The average Bonchev–Trinajstić information content (AvgIpc) is 3.04. The van der Waals surface area contributed by atoms with E-state index in [1.807, 2.05) is 12.1 Å². The number of hydrogen-bond donors (Lipinski definition) is 2. The van der Waals surface area contributed by atoms with Crippen LogP contribution in [-0.2, 0) is 0 Å². The van der Waals surface area contributed by atoms with Crippen LogP contribution in [0, 0.1) is 0 Å². The van der Waals surface area contributed by atoms with Crippen molar-refractivity contribution in [2.45, 2.75) is 0 Å². The second kappa shape index (κ2) is 16.4. The summed E-state index contributed by atoms with van der Waals surface area (Å²) in [5, 5.41) is 17.2. The van der Waals surface area contributed by atoms with Crippen LogP contribution in [0.2, 0.25) is 0 Å². The van der Waals surface area contributed by atoms with E-state index in [0.717, 1.165) is 13.4 Å². The Kier molecular flexibility index (Phi) is 12.4. The maximum absolute atomic E-state index is 8.58. The largest absolute Gasteiger partial charge is 0.488 e. The molecule has 6 rings (SSSR count). The molecule has 6 heteroatoms. The second-order valence-corrected chi connectivity index (χ2v) is 12.0. The molecule has 0 radical (unpaired) electrons. The highest BCUT2D eigenvalue weighted by Gasteiger charge is 2.07. The molecule has 0 saturated carbocycles. The number of rotatable bonds is 4. The highest BCUT2D eigenvalue weighted by molar-refractivity contribution is 9.11. The molecular formula is C36H28BBr3O2. The van der Waals surface area contributed by atoms with Gasteiger partial charge in [-0.2, -0.15) is 0 Å². The first-order chi connectivity index (χ1) is 20.4. The van der Waals surface area contributed by atoms with E-state index in [2.05, 4.69) is 169 Å². The van der Waals surface area contributed by atoms with E-state index in [4.69, 9.17) is 10.0 Å². The van der Waals surface area contributed by atoms with Crippen LogP contribution in [0.1, 0.15) is 0 Å². The lowest BCUT2D eigenvalue weighted by Gasteiger charge is -2.05. The van der Waals surface area contributed by atoms with Crippen molar-refractivity contribution in [2.75, 3.05) is 0 Å². The van der Waals surface area contributed by atoms with E-state index in [1.54, 1.807) is 24.3 Å². The molecule has 2 N–H and O–H groups in total. The summed E-state index contributed by atoms with van der Waals surface area (Å²) in [5.41, 5.74) is 7.99. The lowest BCUT2D eigenvalue weighted by molar-refractivity contribution is 0.426. The van der Waals surface area contributed by atoms with Crippen LogP contribution >= 0.6 is 47.8 Å². The molecule has 0 heterocycles. The highest BCUT2D eigenvalue weighted by atomic mass is 79.9. The van der Waals surface area contributed by atoms with Crippen molar-refractivity contribution in [2.24, 2.45) is 0 Å². The molecule has 208 valence electrons. The maximum Gasteiger partial charge on any atom is 0.488 e. The van der Waals surface area contributed by atoms with Gasteiger partial charge in [0, 0.05) is 13.4 Å². The zero-order valence-corrected chi connectivity index (χ0v) is 27.4. The molecular weight excluding hydrogens is 715 g/mol. The molecule has 42 heavy (non-hydrogen) atoms.